The van der Waals surface area contributed by atoms with E-state index in [1.165, 1.54) is 24.1 Å². The molecule has 0 spiro atoms. The van der Waals surface area contributed by atoms with E-state index in [9.17, 15) is 4.79 Å². The van der Waals surface area contributed by atoms with Crippen molar-refractivity contribution in [2.45, 2.75) is 6.54 Å². The van der Waals surface area contributed by atoms with Crippen molar-refractivity contribution >= 4 is 11.6 Å². The van der Waals surface area contributed by atoms with Gasteiger partial charge in [-0.1, -0.05) is 17.7 Å². The fraction of sp³-hybridized carbons (Fsp3) is 0.154. The lowest BCUT2D eigenvalue weighted by atomic mass is 10.1. The number of hydrogen-bond acceptors (Lipinski definition) is 4. The molecule has 0 saturated carbocycles. The molecule has 0 aliphatic heterocycles. The summed E-state index contributed by atoms with van der Waals surface area (Å²) in [6, 6.07) is 8.46. The first-order chi connectivity index (χ1) is 9.13. The third-order valence-electron chi connectivity index (χ3n) is 2.58. The molecule has 0 bridgehead atoms. The highest BCUT2D eigenvalue weighted by Crippen LogP contribution is 2.19. The van der Waals surface area contributed by atoms with Crippen LogP contribution in [0.4, 0.5) is 0 Å². The highest BCUT2D eigenvalue weighted by molar-refractivity contribution is 6.29. The molecule has 6 heteroatoms. The lowest BCUT2D eigenvalue weighted by Crippen LogP contribution is -2.19. The first-order valence-electron chi connectivity index (χ1n) is 5.43. The summed E-state index contributed by atoms with van der Waals surface area (Å²) in [5.41, 5.74) is 0.993. The van der Waals surface area contributed by atoms with Crippen LogP contribution >= 0.6 is 11.6 Å². The Morgan fingerprint density at radius 1 is 1.47 bits per heavy atom. The van der Waals surface area contributed by atoms with Crippen molar-refractivity contribution in [3.8, 4) is 11.8 Å². The molecule has 0 aliphatic carbocycles. The molecule has 2 rings (SSSR count). The monoisotopic (exact) mass is 275 g/mol. The van der Waals surface area contributed by atoms with Crippen LogP contribution in [0.5, 0.6) is 5.75 Å². The molecule has 0 unspecified atom stereocenters. The predicted octanol–water partition coefficient (Wildman–Crippen LogP) is 1.83. The number of hydrogen-bond donors (Lipinski definition) is 0. The first kappa shape index (κ1) is 13.1. The van der Waals surface area contributed by atoms with Gasteiger partial charge in [0, 0.05) is 6.07 Å². The second-order valence-corrected chi connectivity index (χ2v) is 4.21. The van der Waals surface area contributed by atoms with Gasteiger partial charge >= 0.3 is 0 Å². The van der Waals surface area contributed by atoms with Gasteiger partial charge in [-0.15, -0.1) is 0 Å². The molecular weight excluding hydrogens is 266 g/mol. The second kappa shape index (κ2) is 5.55. The summed E-state index contributed by atoms with van der Waals surface area (Å²) in [4.78, 5) is 15.5. The molecule has 19 heavy (non-hydrogen) atoms. The normalized spacial score (nSPS) is 9.95. The third kappa shape index (κ3) is 2.92. The Labute approximate surface area is 114 Å². The third-order valence-corrected chi connectivity index (χ3v) is 2.79. The minimum absolute atomic E-state index is 0.161. The van der Waals surface area contributed by atoms with Gasteiger partial charge in [-0.05, 0) is 17.7 Å². The number of halogens is 1. The summed E-state index contributed by atoms with van der Waals surface area (Å²) in [5.74, 6) is 0.507. The van der Waals surface area contributed by atoms with Gasteiger partial charge in [0.05, 0.1) is 25.5 Å². The van der Waals surface area contributed by atoms with Crippen LogP contribution in [0.3, 0.4) is 0 Å². The van der Waals surface area contributed by atoms with E-state index in [1.807, 2.05) is 6.07 Å². The van der Waals surface area contributed by atoms with E-state index in [4.69, 9.17) is 21.6 Å². The van der Waals surface area contributed by atoms with Crippen LogP contribution in [0.25, 0.3) is 0 Å². The molecule has 96 valence electrons. The topological polar surface area (TPSA) is 67.9 Å². The molecule has 0 N–H and O–H groups in total. The fourth-order valence-corrected chi connectivity index (χ4v) is 1.80. The van der Waals surface area contributed by atoms with E-state index >= 15 is 0 Å². The van der Waals surface area contributed by atoms with Crippen molar-refractivity contribution in [1.82, 2.24) is 9.55 Å². The second-order valence-electron chi connectivity index (χ2n) is 3.82. The average molecular weight is 276 g/mol. The van der Waals surface area contributed by atoms with Crippen LogP contribution in [0.2, 0.25) is 5.15 Å². The molecular formula is C13H10ClN3O2. The van der Waals surface area contributed by atoms with Crippen LogP contribution in [0.1, 0.15) is 11.1 Å². The summed E-state index contributed by atoms with van der Waals surface area (Å²) in [5, 5.41) is 9.16. The highest BCUT2D eigenvalue weighted by atomic mass is 35.5. The SMILES string of the molecule is COc1ccc(Cn2cnc(Cl)cc2=O)cc1C#N. The van der Waals surface area contributed by atoms with Gasteiger partial charge in [0.2, 0.25) is 0 Å². The van der Waals surface area contributed by atoms with E-state index in [-0.39, 0.29) is 10.7 Å². The number of nitriles is 1. The molecule has 5 nitrogen and oxygen atoms in total. The summed E-state index contributed by atoms with van der Waals surface area (Å²) < 4.78 is 6.47. The zero-order chi connectivity index (χ0) is 13.8. The van der Waals surface area contributed by atoms with Gasteiger partial charge in [0.15, 0.2) is 0 Å². The summed E-state index contributed by atoms with van der Waals surface area (Å²) in [7, 11) is 1.50. The molecule has 1 aromatic carbocycles. The number of methoxy groups -OCH3 is 1. The van der Waals surface area contributed by atoms with Crippen LogP contribution in [-0.2, 0) is 6.54 Å². The summed E-state index contributed by atoms with van der Waals surface area (Å²) >= 11 is 5.62. The maximum absolute atomic E-state index is 11.7. The lowest BCUT2D eigenvalue weighted by Gasteiger charge is -2.07. The maximum Gasteiger partial charge on any atom is 0.255 e. The van der Waals surface area contributed by atoms with Gasteiger partial charge in [0.1, 0.15) is 17.0 Å². The van der Waals surface area contributed by atoms with E-state index in [0.717, 1.165) is 5.56 Å². The number of nitrogens with zero attached hydrogens (tertiary/aromatic N) is 3. The summed E-state index contributed by atoms with van der Waals surface area (Å²) in [6.07, 6.45) is 1.38. The van der Waals surface area contributed by atoms with Crippen molar-refractivity contribution in [1.29, 1.82) is 5.26 Å². The smallest absolute Gasteiger partial charge is 0.255 e. The maximum atomic E-state index is 11.7. The first-order valence-corrected chi connectivity index (χ1v) is 5.81. The number of rotatable bonds is 3. The molecule has 1 heterocycles. The van der Waals surface area contributed by atoms with Crippen molar-refractivity contribution in [2.24, 2.45) is 0 Å². The Bertz CT molecular complexity index is 704. The number of aromatic nitrogens is 2. The molecule has 0 saturated heterocycles. The van der Waals surface area contributed by atoms with E-state index in [0.29, 0.717) is 17.9 Å². The highest BCUT2D eigenvalue weighted by Gasteiger charge is 2.05. The minimum Gasteiger partial charge on any atom is -0.495 e. The van der Waals surface area contributed by atoms with Gasteiger partial charge in [0.25, 0.3) is 5.56 Å². The van der Waals surface area contributed by atoms with Crippen LogP contribution in [-0.4, -0.2) is 16.7 Å². The Kier molecular flexibility index (Phi) is 3.83. The molecule has 2 aromatic rings. The van der Waals surface area contributed by atoms with Crippen molar-refractivity contribution in [3.05, 3.63) is 57.2 Å². The van der Waals surface area contributed by atoms with Crippen molar-refractivity contribution in [2.75, 3.05) is 7.11 Å². The van der Waals surface area contributed by atoms with Gasteiger partial charge in [-0.25, -0.2) is 4.98 Å². The van der Waals surface area contributed by atoms with Crippen LogP contribution < -0.4 is 10.3 Å². The number of ether oxygens (including phenoxy) is 1. The Balaban J connectivity index is 2.34. The van der Waals surface area contributed by atoms with Gasteiger partial charge in [-0.2, -0.15) is 5.26 Å². The predicted molar refractivity (Wildman–Crippen MR) is 70.3 cm³/mol. The minimum atomic E-state index is -0.241. The summed E-state index contributed by atoms with van der Waals surface area (Å²) in [6.45, 7) is 0.321. The van der Waals surface area contributed by atoms with Crippen molar-refractivity contribution in [3.63, 3.8) is 0 Å². The Morgan fingerprint density at radius 2 is 2.26 bits per heavy atom. The molecule has 0 aliphatic rings. The van der Waals surface area contributed by atoms with E-state index in [2.05, 4.69) is 4.98 Å². The van der Waals surface area contributed by atoms with Crippen LogP contribution in [0, 0.1) is 11.3 Å². The molecule has 0 amide bonds. The number of benzene rings is 1. The lowest BCUT2D eigenvalue weighted by molar-refractivity contribution is 0.413. The van der Waals surface area contributed by atoms with Crippen LogP contribution in [0.15, 0.2) is 35.4 Å². The van der Waals surface area contributed by atoms with E-state index < -0.39 is 0 Å². The van der Waals surface area contributed by atoms with E-state index in [1.54, 1.807) is 18.2 Å². The van der Waals surface area contributed by atoms with Gasteiger partial charge < -0.3 is 4.74 Å². The molecule has 0 fully saturated rings. The quantitative estimate of drug-likeness (QED) is 0.802. The van der Waals surface area contributed by atoms with Crippen molar-refractivity contribution < 1.29 is 4.74 Å². The Hall–Kier alpha value is -2.32. The molecule has 0 radical (unpaired) electrons. The molecule has 0 atom stereocenters. The standard InChI is InChI=1S/C13H10ClN3O2/c1-19-11-3-2-9(4-10(11)6-15)7-17-8-16-12(14)5-13(17)18/h2-5,8H,7H2,1H3. The Morgan fingerprint density at radius 3 is 2.89 bits per heavy atom. The molecule has 1 aromatic heterocycles. The fourth-order valence-electron chi connectivity index (χ4n) is 1.66. The zero-order valence-corrected chi connectivity index (χ0v) is 10.9. The zero-order valence-electron chi connectivity index (χ0n) is 10.1. The largest absolute Gasteiger partial charge is 0.495 e. The average Bonchev–Trinajstić information content (AvgIpc) is 2.41. The van der Waals surface area contributed by atoms with Gasteiger partial charge in [-0.3, -0.25) is 9.36 Å².